The topological polar surface area (TPSA) is 75.3 Å². The van der Waals surface area contributed by atoms with Crippen LogP contribution in [0.4, 0.5) is 11.4 Å². The Balaban J connectivity index is 1.89. The second-order valence-corrected chi connectivity index (χ2v) is 7.35. The molecule has 2 rings (SSSR count). The Bertz CT molecular complexity index is 553. The van der Waals surface area contributed by atoms with Crippen molar-refractivity contribution in [1.29, 1.82) is 0 Å². The van der Waals surface area contributed by atoms with E-state index in [1.807, 2.05) is 31.2 Å². The van der Waals surface area contributed by atoms with Gasteiger partial charge in [-0.3, -0.25) is 4.79 Å². The number of carbonyl (C=O) groups excluding carboxylic acids is 1. The number of rotatable bonds is 4. The van der Waals surface area contributed by atoms with Gasteiger partial charge >= 0.3 is 0 Å². The van der Waals surface area contributed by atoms with Gasteiger partial charge in [0, 0.05) is 23.8 Å². The van der Waals surface area contributed by atoms with E-state index in [0.29, 0.717) is 19.3 Å². The lowest BCUT2D eigenvalue weighted by atomic mass is 10.1. The number of amides is 1. The van der Waals surface area contributed by atoms with Crippen molar-refractivity contribution in [2.24, 2.45) is 0 Å². The van der Waals surface area contributed by atoms with E-state index in [-0.39, 0.29) is 23.5 Å². The summed E-state index contributed by atoms with van der Waals surface area (Å²) in [5, 5.41) is 6.12. The maximum atomic E-state index is 11.4. The highest BCUT2D eigenvalue weighted by molar-refractivity contribution is 7.91. The molecule has 0 unspecified atom stereocenters. The molecule has 1 heterocycles. The Hall–Kier alpha value is -1.56. The second-order valence-electron chi connectivity index (χ2n) is 5.05. The predicted octanol–water partition coefficient (Wildman–Crippen LogP) is 2.02. The lowest BCUT2D eigenvalue weighted by Gasteiger charge is -2.24. The number of benzene rings is 1. The number of hydrogen-bond acceptors (Lipinski definition) is 4. The molecule has 0 saturated carbocycles. The Kier molecular flexibility index (Phi) is 4.65. The normalized spacial score (nSPS) is 18.4. The molecule has 0 bridgehead atoms. The molecular formula is C14H20N2O3S. The first-order valence-electron chi connectivity index (χ1n) is 6.85. The van der Waals surface area contributed by atoms with Crippen molar-refractivity contribution >= 4 is 27.1 Å². The van der Waals surface area contributed by atoms with Crippen LogP contribution < -0.4 is 10.6 Å². The minimum atomic E-state index is -2.82. The van der Waals surface area contributed by atoms with E-state index in [1.165, 1.54) is 0 Å². The van der Waals surface area contributed by atoms with Gasteiger partial charge < -0.3 is 10.6 Å². The van der Waals surface area contributed by atoms with E-state index in [1.54, 1.807) is 0 Å². The molecule has 0 aromatic heterocycles. The zero-order chi connectivity index (χ0) is 14.6. The minimum Gasteiger partial charge on any atom is -0.382 e. The van der Waals surface area contributed by atoms with Gasteiger partial charge in [-0.15, -0.1) is 0 Å². The van der Waals surface area contributed by atoms with Gasteiger partial charge in [0.2, 0.25) is 5.91 Å². The van der Waals surface area contributed by atoms with Gasteiger partial charge in [-0.25, -0.2) is 8.42 Å². The molecule has 6 heteroatoms. The molecule has 2 N–H and O–H groups in total. The average molecular weight is 296 g/mol. The maximum Gasteiger partial charge on any atom is 0.224 e. The van der Waals surface area contributed by atoms with E-state index in [9.17, 15) is 13.2 Å². The van der Waals surface area contributed by atoms with Crippen LogP contribution in [0.3, 0.4) is 0 Å². The van der Waals surface area contributed by atoms with Gasteiger partial charge in [0.25, 0.3) is 0 Å². The Morgan fingerprint density at radius 2 is 1.70 bits per heavy atom. The van der Waals surface area contributed by atoms with Gasteiger partial charge in [-0.1, -0.05) is 6.92 Å². The molecule has 110 valence electrons. The summed E-state index contributed by atoms with van der Waals surface area (Å²) in [6.07, 6.45) is 1.75. The molecule has 0 atom stereocenters. The fourth-order valence-corrected chi connectivity index (χ4v) is 3.66. The number of sulfone groups is 1. The summed E-state index contributed by atoms with van der Waals surface area (Å²) in [7, 11) is -2.82. The van der Waals surface area contributed by atoms with Crippen molar-refractivity contribution in [2.45, 2.75) is 32.2 Å². The first-order chi connectivity index (χ1) is 9.48. The molecule has 20 heavy (non-hydrogen) atoms. The fourth-order valence-electron chi connectivity index (χ4n) is 2.17. The van der Waals surface area contributed by atoms with Crippen LogP contribution in [0.2, 0.25) is 0 Å². The van der Waals surface area contributed by atoms with Crippen molar-refractivity contribution in [3.63, 3.8) is 0 Å². The van der Waals surface area contributed by atoms with Crippen LogP contribution in [0.25, 0.3) is 0 Å². The van der Waals surface area contributed by atoms with Gasteiger partial charge in [0.1, 0.15) is 9.84 Å². The lowest BCUT2D eigenvalue weighted by Crippen LogP contribution is -2.32. The van der Waals surface area contributed by atoms with Crippen LogP contribution in [-0.4, -0.2) is 31.9 Å². The van der Waals surface area contributed by atoms with Gasteiger partial charge in [0.05, 0.1) is 11.5 Å². The third-order valence-electron chi connectivity index (χ3n) is 3.42. The van der Waals surface area contributed by atoms with Crippen LogP contribution in [0, 0.1) is 0 Å². The summed E-state index contributed by atoms with van der Waals surface area (Å²) in [4.78, 5) is 11.3. The monoisotopic (exact) mass is 296 g/mol. The molecule has 1 aromatic carbocycles. The van der Waals surface area contributed by atoms with E-state index in [2.05, 4.69) is 10.6 Å². The first-order valence-corrected chi connectivity index (χ1v) is 8.67. The third-order valence-corrected chi connectivity index (χ3v) is 5.13. The molecule has 1 saturated heterocycles. The van der Waals surface area contributed by atoms with Crippen LogP contribution in [0.5, 0.6) is 0 Å². The highest BCUT2D eigenvalue weighted by atomic mass is 32.2. The van der Waals surface area contributed by atoms with Crippen molar-refractivity contribution in [1.82, 2.24) is 0 Å². The summed E-state index contributed by atoms with van der Waals surface area (Å²) >= 11 is 0. The molecule has 1 amide bonds. The SMILES string of the molecule is CCC(=O)Nc1ccc(NC2CCS(=O)(=O)CC2)cc1. The molecule has 1 fully saturated rings. The number of anilines is 2. The molecule has 0 aliphatic carbocycles. The Morgan fingerprint density at radius 1 is 1.15 bits per heavy atom. The van der Waals surface area contributed by atoms with E-state index in [0.717, 1.165) is 11.4 Å². The van der Waals surface area contributed by atoms with Crippen LogP contribution in [0.1, 0.15) is 26.2 Å². The summed E-state index contributed by atoms with van der Waals surface area (Å²) < 4.78 is 22.7. The van der Waals surface area contributed by atoms with Crippen LogP contribution >= 0.6 is 0 Å². The minimum absolute atomic E-state index is 0.0109. The molecule has 1 aromatic rings. The number of nitrogens with one attached hydrogen (secondary N) is 2. The maximum absolute atomic E-state index is 11.4. The molecule has 1 aliphatic heterocycles. The van der Waals surface area contributed by atoms with Crippen molar-refractivity contribution in [3.05, 3.63) is 24.3 Å². The van der Waals surface area contributed by atoms with Gasteiger partial charge in [0.15, 0.2) is 0 Å². The van der Waals surface area contributed by atoms with E-state index < -0.39 is 9.84 Å². The van der Waals surface area contributed by atoms with Crippen molar-refractivity contribution < 1.29 is 13.2 Å². The summed E-state index contributed by atoms with van der Waals surface area (Å²) in [5.41, 5.74) is 1.72. The third kappa shape index (κ3) is 4.23. The van der Waals surface area contributed by atoms with E-state index >= 15 is 0 Å². The number of hydrogen-bond donors (Lipinski definition) is 2. The smallest absolute Gasteiger partial charge is 0.224 e. The average Bonchev–Trinajstić information content (AvgIpc) is 2.43. The Labute approximate surface area is 119 Å². The van der Waals surface area contributed by atoms with Gasteiger partial charge in [-0.05, 0) is 37.1 Å². The summed E-state index contributed by atoms with van der Waals surface area (Å²) in [6.45, 7) is 1.81. The first kappa shape index (κ1) is 14.8. The quantitative estimate of drug-likeness (QED) is 0.891. The molecule has 5 nitrogen and oxygen atoms in total. The van der Waals surface area contributed by atoms with Crippen LogP contribution in [0.15, 0.2) is 24.3 Å². The molecule has 0 radical (unpaired) electrons. The van der Waals surface area contributed by atoms with E-state index in [4.69, 9.17) is 0 Å². The Morgan fingerprint density at radius 3 is 2.25 bits per heavy atom. The summed E-state index contributed by atoms with van der Waals surface area (Å²) in [5.74, 6) is 0.508. The second kappa shape index (κ2) is 6.26. The van der Waals surface area contributed by atoms with Crippen molar-refractivity contribution in [3.8, 4) is 0 Å². The lowest BCUT2D eigenvalue weighted by molar-refractivity contribution is -0.115. The predicted molar refractivity (Wildman–Crippen MR) is 80.7 cm³/mol. The fraction of sp³-hybridized carbons (Fsp3) is 0.500. The largest absolute Gasteiger partial charge is 0.382 e. The highest BCUT2D eigenvalue weighted by Crippen LogP contribution is 2.19. The molecular weight excluding hydrogens is 276 g/mol. The van der Waals surface area contributed by atoms with Crippen molar-refractivity contribution in [2.75, 3.05) is 22.1 Å². The molecule has 0 spiro atoms. The summed E-state index contributed by atoms with van der Waals surface area (Å²) in [6, 6.07) is 7.68. The van der Waals surface area contributed by atoms with Crippen LogP contribution in [-0.2, 0) is 14.6 Å². The number of carbonyl (C=O) groups is 1. The highest BCUT2D eigenvalue weighted by Gasteiger charge is 2.23. The van der Waals surface area contributed by atoms with Gasteiger partial charge in [-0.2, -0.15) is 0 Å². The molecule has 1 aliphatic rings. The zero-order valence-corrected chi connectivity index (χ0v) is 12.4. The zero-order valence-electron chi connectivity index (χ0n) is 11.6. The standard InChI is InChI=1S/C14H20N2O3S/c1-2-14(17)16-12-5-3-11(4-6-12)15-13-7-9-20(18,19)10-8-13/h3-6,13,15H,2,7-10H2,1H3,(H,16,17).